The van der Waals surface area contributed by atoms with E-state index in [0.717, 1.165) is 5.09 Å². The van der Waals surface area contributed by atoms with Crippen molar-refractivity contribution < 1.29 is 24.2 Å². The average Bonchev–Trinajstić information content (AvgIpc) is 3.21. The predicted molar refractivity (Wildman–Crippen MR) is 91.5 cm³/mol. The second kappa shape index (κ2) is 6.79. The molecule has 0 saturated heterocycles. The fourth-order valence-electron chi connectivity index (χ4n) is 2.40. The Bertz CT molecular complexity index is 830. The van der Waals surface area contributed by atoms with Crippen LogP contribution in [-0.4, -0.2) is 34.1 Å². The second-order valence-corrected chi connectivity index (χ2v) is 7.03. The summed E-state index contributed by atoms with van der Waals surface area (Å²) in [4.78, 5) is 27.1. The van der Waals surface area contributed by atoms with Gasteiger partial charge < -0.3 is 14.6 Å². The molecule has 0 fully saturated rings. The maximum Gasteiger partial charge on any atom is 0.303 e. The summed E-state index contributed by atoms with van der Waals surface area (Å²) in [6, 6.07) is 1.75. The van der Waals surface area contributed by atoms with Crippen molar-refractivity contribution in [2.24, 2.45) is 0 Å². The Balaban J connectivity index is 1.89. The third-order valence-corrected chi connectivity index (χ3v) is 5.28. The van der Waals surface area contributed by atoms with Crippen LogP contribution in [0.5, 0.6) is 5.75 Å². The van der Waals surface area contributed by atoms with E-state index in [1.54, 1.807) is 6.07 Å². The first-order valence-corrected chi connectivity index (χ1v) is 8.76. The number of carboxylic acids is 1. The lowest BCUT2D eigenvalue weighted by molar-refractivity contribution is -0.137. The number of furan rings is 1. The van der Waals surface area contributed by atoms with Gasteiger partial charge in [-0.3, -0.25) is 14.5 Å². The van der Waals surface area contributed by atoms with Crippen LogP contribution in [-0.2, 0) is 9.59 Å². The first-order chi connectivity index (χ1) is 11.6. The van der Waals surface area contributed by atoms with E-state index in [9.17, 15) is 14.7 Å². The normalized spacial score (nSPS) is 14.4. The maximum absolute atomic E-state index is 11.3. The third kappa shape index (κ3) is 3.13. The van der Waals surface area contributed by atoms with Crippen LogP contribution in [0.25, 0.3) is 11.0 Å². The number of thiol groups is 1. The van der Waals surface area contributed by atoms with Gasteiger partial charge in [-0.05, 0) is 17.2 Å². The number of rotatable bonds is 7. The number of nitrogens with zero attached hydrogens (tertiary/aromatic N) is 2. The van der Waals surface area contributed by atoms with Gasteiger partial charge in [-0.15, -0.1) is 0 Å². The molecule has 1 amide bonds. The lowest BCUT2D eigenvalue weighted by atomic mass is 10.2. The molecule has 1 aliphatic rings. The van der Waals surface area contributed by atoms with E-state index in [1.807, 2.05) is 23.0 Å². The fraction of sp³-hybridized carbons (Fsp3) is 0.188. The van der Waals surface area contributed by atoms with E-state index in [-0.39, 0.29) is 31.0 Å². The van der Waals surface area contributed by atoms with Crippen molar-refractivity contribution in [3.8, 4) is 5.75 Å². The van der Waals surface area contributed by atoms with Gasteiger partial charge in [0.05, 0.1) is 11.6 Å². The van der Waals surface area contributed by atoms with E-state index < -0.39 is 16.9 Å². The van der Waals surface area contributed by atoms with Gasteiger partial charge in [0.2, 0.25) is 6.41 Å². The number of carbonyl (C=O) groups is 2. The number of carbonyl (C=O) groups excluding carboxylic acids is 1. The van der Waals surface area contributed by atoms with Crippen molar-refractivity contribution in [1.29, 1.82) is 0 Å². The Labute approximate surface area is 140 Å². The SMILES string of the molecule is O=CN(CCCC(=O)O)c1ncc2oc([SH]3C=CC=C3)cc2c1O. The van der Waals surface area contributed by atoms with Gasteiger partial charge in [-0.1, -0.05) is 12.2 Å². The highest BCUT2D eigenvalue weighted by Crippen LogP contribution is 2.46. The molecule has 1 aliphatic heterocycles. The van der Waals surface area contributed by atoms with Crippen LogP contribution in [0.3, 0.4) is 0 Å². The summed E-state index contributed by atoms with van der Waals surface area (Å²) >= 11 is 0. The number of aliphatic carboxylic acids is 1. The van der Waals surface area contributed by atoms with E-state index in [4.69, 9.17) is 9.52 Å². The topological polar surface area (TPSA) is 104 Å². The number of fused-ring (bicyclic) bond motifs is 1. The fourth-order valence-corrected chi connectivity index (χ4v) is 3.85. The minimum atomic E-state index is -0.937. The average molecular weight is 348 g/mol. The molecule has 24 heavy (non-hydrogen) atoms. The maximum atomic E-state index is 11.3. The molecule has 2 N–H and O–H groups in total. The van der Waals surface area contributed by atoms with Crippen LogP contribution in [0.15, 0.2) is 44.7 Å². The zero-order valence-corrected chi connectivity index (χ0v) is 13.5. The van der Waals surface area contributed by atoms with Gasteiger partial charge in [0.1, 0.15) is 5.09 Å². The number of amides is 1. The molecule has 3 rings (SSSR count). The molecule has 0 saturated carbocycles. The van der Waals surface area contributed by atoms with Gasteiger partial charge in [-0.2, -0.15) is 10.9 Å². The van der Waals surface area contributed by atoms with E-state index in [2.05, 4.69) is 4.98 Å². The molecule has 0 bridgehead atoms. The summed E-state index contributed by atoms with van der Waals surface area (Å²) in [7, 11) is -0.660. The van der Waals surface area contributed by atoms with Gasteiger partial charge in [0.25, 0.3) is 0 Å². The molecule has 2 aromatic heterocycles. The highest BCUT2D eigenvalue weighted by molar-refractivity contribution is 8.22. The molecule has 0 atom stereocenters. The summed E-state index contributed by atoms with van der Waals surface area (Å²) in [5.41, 5.74) is 0.443. The number of aromatic nitrogens is 1. The zero-order chi connectivity index (χ0) is 17.1. The van der Waals surface area contributed by atoms with E-state index in [1.165, 1.54) is 11.1 Å². The van der Waals surface area contributed by atoms with Crippen molar-refractivity contribution in [2.75, 3.05) is 11.4 Å². The lowest BCUT2D eigenvalue weighted by Crippen LogP contribution is -2.24. The van der Waals surface area contributed by atoms with Crippen LogP contribution >= 0.6 is 10.9 Å². The van der Waals surface area contributed by atoms with Crippen molar-refractivity contribution in [2.45, 2.75) is 17.9 Å². The van der Waals surface area contributed by atoms with E-state index in [0.29, 0.717) is 17.4 Å². The van der Waals surface area contributed by atoms with Crippen LogP contribution in [0.4, 0.5) is 5.82 Å². The Morgan fingerprint density at radius 2 is 2.12 bits per heavy atom. The third-order valence-electron chi connectivity index (χ3n) is 3.57. The number of anilines is 1. The first kappa shape index (κ1) is 16.1. The minimum Gasteiger partial charge on any atom is -0.504 e. The highest BCUT2D eigenvalue weighted by Gasteiger charge is 2.19. The van der Waals surface area contributed by atoms with Crippen molar-refractivity contribution >= 4 is 40.1 Å². The number of hydrogen-bond donors (Lipinski definition) is 3. The van der Waals surface area contributed by atoms with Crippen LogP contribution in [0.1, 0.15) is 12.8 Å². The molecule has 7 nitrogen and oxygen atoms in total. The van der Waals surface area contributed by atoms with Gasteiger partial charge in [0.15, 0.2) is 17.2 Å². The van der Waals surface area contributed by atoms with Crippen molar-refractivity contribution in [3.05, 3.63) is 35.2 Å². The van der Waals surface area contributed by atoms with Gasteiger partial charge in [-0.25, -0.2) is 4.98 Å². The predicted octanol–water partition coefficient (Wildman–Crippen LogP) is 2.76. The quantitative estimate of drug-likeness (QED) is 0.525. The monoisotopic (exact) mass is 348 g/mol. The summed E-state index contributed by atoms with van der Waals surface area (Å²) in [5.74, 6) is -0.986. The molecule has 0 spiro atoms. The lowest BCUT2D eigenvalue weighted by Gasteiger charge is -2.16. The highest BCUT2D eigenvalue weighted by atomic mass is 32.2. The molecule has 2 aromatic rings. The summed E-state index contributed by atoms with van der Waals surface area (Å²) in [6.07, 6.45) is 6.08. The van der Waals surface area contributed by atoms with Crippen LogP contribution in [0.2, 0.25) is 0 Å². The van der Waals surface area contributed by atoms with Crippen molar-refractivity contribution in [3.63, 3.8) is 0 Å². The van der Waals surface area contributed by atoms with Crippen LogP contribution < -0.4 is 4.90 Å². The largest absolute Gasteiger partial charge is 0.504 e. The molecule has 0 radical (unpaired) electrons. The zero-order valence-electron chi connectivity index (χ0n) is 12.6. The molecule has 126 valence electrons. The van der Waals surface area contributed by atoms with Gasteiger partial charge in [0, 0.05) is 19.0 Å². The molecular formula is C16H16N2O5S. The number of hydrogen-bond acceptors (Lipinski definition) is 5. The molecule has 8 heteroatoms. The summed E-state index contributed by atoms with van der Waals surface area (Å²) < 4.78 is 5.73. The Morgan fingerprint density at radius 3 is 2.79 bits per heavy atom. The first-order valence-electron chi connectivity index (χ1n) is 7.28. The smallest absolute Gasteiger partial charge is 0.303 e. The number of allylic oxidation sites excluding steroid dienone is 2. The molecule has 3 heterocycles. The number of aromatic hydroxyl groups is 1. The Morgan fingerprint density at radius 1 is 1.38 bits per heavy atom. The summed E-state index contributed by atoms with van der Waals surface area (Å²) in [6.45, 7) is 0.157. The second-order valence-electron chi connectivity index (χ2n) is 5.18. The van der Waals surface area contributed by atoms with E-state index >= 15 is 0 Å². The summed E-state index contributed by atoms with van der Waals surface area (Å²) in [5, 5.41) is 24.4. The molecule has 0 aliphatic carbocycles. The Hall–Kier alpha value is -2.74. The van der Waals surface area contributed by atoms with Gasteiger partial charge >= 0.3 is 5.97 Å². The number of pyridine rings is 1. The standard InChI is InChI=1S/C16H16N2O5S/c19-10-18(5-3-4-13(20)21)16-15(22)11-8-14(23-12(11)9-17-16)24-6-1-2-7-24/h1-2,6-10,22,24H,3-5H2,(H,20,21). The Kier molecular flexibility index (Phi) is 4.57. The molecule has 0 unspecified atom stereocenters. The molecule has 0 aromatic carbocycles. The molecular weight excluding hydrogens is 332 g/mol. The van der Waals surface area contributed by atoms with Crippen molar-refractivity contribution in [1.82, 2.24) is 4.98 Å². The minimum absolute atomic E-state index is 0.0633. The number of carboxylic acid groups (broad SMARTS) is 1. The van der Waals surface area contributed by atoms with Crippen LogP contribution in [0, 0.1) is 0 Å².